The van der Waals surface area contributed by atoms with Gasteiger partial charge < -0.3 is 15.5 Å². The maximum Gasteiger partial charge on any atom is 0.289 e. The Balaban J connectivity index is 1.86. The van der Waals surface area contributed by atoms with Gasteiger partial charge in [-0.3, -0.25) is 19.7 Å². The summed E-state index contributed by atoms with van der Waals surface area (Å²) in [5.41, 5.74) is -0.140. The van der Waals surface area contributed by atoms with Crippen molar-refractivity contribution in [3.05, 3.63) is 45.1 Å². The number of hydrogen-bond acceptors (Lipinski definition) is 6. The Morgan fingerprint density at radius 2 is 2.26 bits per heavy atom. The van der Waals surface area contributed by atoms with Crippen LogP contribution in [0.5, 0.6) is 0 Å². The van der Waals surface area contributed by atoms with Crippen LogP contribution in [0.3, 0.4) is 0 Å². The van der Waals surface area contributed by atoms with Crippen molar-refractivity contribution in [3.8, 4) is 6.07 Å². The van der Waals surface area contributed by atoms with Gasteiger partial charge in [-0.25, -0.2) is 0 Å². The first-order valence-corrected chi connectivity index (χ1v) is 8.67. The summed E-state index contributed by atoms with van der Waals surface area (Å²) >= 11 is 5.73. The van der Waals surface area contributed by atoms with E-state index in [2.05, 4.69) is 10.6 Å². The Labute approximate surface area is 160 Å². The van der Waals surface area contributed by atoms with Crippen LogP contribution in [0.4, 0.5) is 11.4 Å². The van der Waals surface area contributed by atoms with Crippen molar-refractivity contribution >= 4 is 34.8 Å². The van der Waals surface area contributed by atoms with Gasteiger partial charge in [0.15, 0.2) is 0 Å². The van der Waals surface area contributed by atoms with E-state index in [1.165, 1.54) is 24.4 Å². The number of nitriles is 1. The number of halogens is 1. The van der Waals surface area contributed by atoms with Gasteiger partial charge in [0.1, 0.15) is 16.7 Å². The standard InChI is InChI=1S/C17H18ClN5O4/c18-14-5-4-13(9-15(14)23(26)27)21-11-12(10-19)17(25)20-6-2-8-22-7-1-3-16(22)24/h4-5,9,11,21H,1-3,6-8H2,(H,20,25)/b12-11-. The minimum absolute atomic E-state index is 0.00994. The first kappa shape index (κ1) is 20.2. The minimum atomic E-state index is -0.625. The van der Waals surface area contributed by atoms with Gasteiger partial charge in [-0.2, -0.15) is 5.26 Å². The first-order chi connectivity index (χ1) is 12.9. The molecule has 142 valence electrons. The van der Waals surface area contributed by atoms with Crippen LogP contribution in [0, 0.1) is 21.4 Å². The lowest BCUT2D eigenvalue weighted by atomic mass is 10.2. The van der Waals surface area contributed by atoms with Gasteiger partial charge >= 0.3 is 0 Å². The number of nitro groups is 1. The van der Waals surface area contributed by atoms with E-state index in [4.69, 9.17) is 16.9 Å². The van der Waals surface area contributed by atoms with Crippen molar-refractivity contribution in [3.63, 3.8) is 0 Å². The molecule has 0 aromatic heterocycles. The van der Waals surface area contributed by atoms with Gasteiger partial charge in [-0.15, -0.1) is 0 Å². The highest BCUT2D eigenvalue weighted by Crippen LogP contribution is 2.27. The number of anilines is 1. The van der Waals surface area contributed by atoms with Crippen molar-refractivity contribution < 1.29 is 14.5 Å². The molecule has 1 fully saturated rings. The molecule has 27 heavy (non-hydrogen) atoms. The van der Waals surface area contributed by atoms with Gasteiger partial charge in [0, 0.05) is 44.0 Å². The summed E-state index contributed by atoms with van der Waals surface area (Å²) in [6, 6.07) is 5.82. The van der Waals surface area contributed by atoms with Crippen LogP contribution >= 0.6 is 11.6 Å². The number of hydrogen-bond donors (Lipinski definition) is 2. The number of carbonyl (C=O) groups excluding carboxylic acids is 2. The van der Waals surface area contributed by atoms with E-state index >= 15 is 0 Å². The van der Waals surface area contributed by atoms with Crippen molar-refractivity contribution in [2.45, 2.75) is 19.3 Å². The second-order valence-corrected chi connectivity index (χ2v) is 6.24. The maximum atomic E-state index is 12.0. The molecule has 0 bridgehead atoms. The molecule has 0 unspecified atom stereocenters. The lowest BCUT2D eigenvalue weighted by Crippen LogP contribution is -2.31. The van der Waals surface area contributed by atoms with E-state index in [0.29, 0.717) is 31.6 Å². The van der Waals surface area contributed by atoms with Crippen LogP contribution < -0.4 is 10.6 Å². The predicted molar refractivity (Wildman–Crippen MR) is 98.9 cm³/mol. The van der Waals surface area contributed by atoms with Gasteiger partial charge in [0.05, 0.1) is 4.92 Å². The van der Waals surface area contributed by atoms with Crippen molar-refractivity contribution in [1.29, 1.82) is 5.26 Å². The predicted octanol–water partition coefficient (Wildman–Crippen LogP) is 2.20. The topological polar surface area (TPSA) is 128 Å². The third-order valence-electron chi connectivity index (χ3n) is 3.95. The zero-order valence-electron chi connectivity index (χ0n) is 14.4. The second kappa shape index (κ2) is 9.54. The van der Waals surface area contributed by atoms with E-state index in [0.717, 1.165) is 13.0 Å². The SMILES string of the molecule is N#C/C(=C/Nc1ccc(Cl)c([N+](=O)[O-])c1)C(=O)NCCCN1CCCC1=O. The summed E-state index contributed by atoms with van der Waals surface area (Å²) in [4.78, 5) is 35.5. The van der Waals surface area contributed by atoms with Crippen molar-refractivity contribution in [1.82, 2.24) is 10.2 Å². The van der Waals surface area contributed by atoms with Crippen LogP contribution in [0.25, 0.3) is 0 Å². The van der Waals surface area contributed by atoms with E-state index in [1.807, 2.05) is 0 Å². The molecule has 0 atom stereocenters. The Hall–Kier alpha value is -3.12. The highest BCUT2D eigenvalue weighted by Gasteiger charge is 2.19. The van der Waals surface area contributed by atoms with Gasteiger partial charge in [-0.1, -0.05) is 11.6 Å². The number of carbonyl (C=O) groups is 2. The highest BCUT2D eigenvalue weighted by atomic mass is 35.5. The molecule has 2 rings (SSSR count). The summed E-state index contributed by atoms with van der Waals surface area (Å²) < 4.78 is 0. The molecular weight excluding hydrogens is 374 g/mol. The summed E-state index contributed by atoms with van der Waals surface area (Å²) in [6.07, 6.45) is 3.20. The second-order valence-electron chi connectivity index (χ2n) is 5.83. The highest BCUT2D eigenvalue weighted by molar-refractivity contribution is 6.32. The third kappa shape index (κ3) is 5.69. The lowest BCUT2D eigenvalue weighted by molar-refractivity contribution is -0.384. The summed E-state index contributed by atoms with van der Waals surface area (Å²) in [5, 5.41) is 25.3. The molecule has 0 radical (unpaired) electrons. The molecule has 10 heteroatoms. The number of nitrogens with one attached hydrogen (secondary N) is 2. The summed E-state index contributed by atoms with van der Waals surface area (Å²) in [6.45, 7) is 1.64. The van der Waals surface area contributed by atoms with Gasteiger partial charge in [0.25, 0.3) is 11.6 Å². The molecule has 1 aromatic rings. The Kier molecular flexibility index (Phi) is 7.14. The normalized spacial score (nSPS) is 14.0. The molecule has 0 spiro atoms. The van der Waals surface area contributed by atoms with Crippen molar-refractivity contribution in [2.24, 2.45) is 0 Å². The van der Waals surface area contributed by atoms with E-state index in [1.54, 1.807) is 11.0 Å². The average Bonchev–Trinajstić information content (AvgIpc) is 3.05. The molecule has 2 amide bonds. The van der Waals surface area contributed by atoms with E-state index in [-0.39, 0.29) is 22.2 Å². The zero-order valence-corrected chi connectivity index (χ0v) is 15.2. The van der Waals surface area contributed by atoms with Gasteiger partial charge in [-0.05, 0) is 25.0 Å². The molecule has 1 aliphatic heterocycles. The molecule has 0 saturated carbocycles. The molecule has 1 heterocycles. The van der Waals surface area contributed by atoms with Crippen LogP contribution in [0.2, 0.25) is 5.02 Å². The molecule has 1 aliphatic rings. The quantitative estimate of drug-likeness (QED) is 0.230. The number of benzene rings is 1. The Morgan fingerprint density at radius 3 is 2.89 bits per heavy atom. The fourth-order valence-electron chi connectivity index (χ4n) is 2.55. The van der Waals surface area contributed by atoms with Crippen LogP contribution in [-0.2, 0) is 9.59 Å². The summed E-state index contributed by atoms with van der Waals surface area (Å²) in [5.74, 6) is -0.443. The maximum absolute atomic E-state index is 12.0. The van der Waals surface area contributed by atoms with Crippen molar-refractivity contribution in [2.75, 3.05) is 25.0 Å². The van der Waals surface area contributed by atoms with E-state index < -0.39 is 10.8 Å². The molecule has 0 aliphatic carbocycles. The van der Waals surface area contributed by atoms with Crippen LogP contribution in [-0.4, -0.2) is 41.3 Å². The average molecular weight is 392 g/mol. The van der Waals surface area contributed by atoms with Gasteiger partial charge in [0.2, 0.25) is 5.91 Å². The molecule has 9 nitrogen and oxygen atoms in total. The Bertz CT molecular complexity index is 818. The molecule has 1 aromatic carbocycles. The lowest BCUT2D eigenvalue weighted by Gasteiger charge is -2.15. The van der Waals surface area contributed by atoms with Crippen LogP contribution in [0.1, 0.15) is 19.3 Å². The number of nitro benzene ring substituents is 1. The fourth-order valence-corrected chi connectivity index (χ4v) is 2.74. The number of rotatable bonds is 8. The zero-order chi connectivity index (χ0) is 19.8. The fraction of sp³-hybridized carbons (Fsp3) is 0.353. The molecule has 1 saturated heterocycles. The third-order valence-corrected chi connectivity index (χ3v) is 4.27. The molecular formula is C17H18ClN5O4. The Morgan fingerprint density at radius 1 is 1.48 bits per heavy atom. The summed E-state index contributed by atoms with van der Waals surface area (Å²) in [7, 11) is 0. The number of likely N-dealkylation sites (tertiary alicyclic amines) is 1. The first-order valence-electron chi connectivity index (χ1n) is 8.29. The number of nitrogens with zero attached hydrogens (tertiary/aromatic N) is 3. The smallest absolute Gasteiger partial charge is 0.289 e. The molecule has 2 N–H and O–H groups in total. The monoisotopic (exact) mass is 391 g/mol. The number of amides is 2. The largest absolute Gasteiger partial charge is 0.360 e. The van der Waals surface area contributed by atoms with E-state index in [9.17, 15) is 19.7 Å². The minimum Gasteiger partial charge on any atom is -0.360 e. The van der Waals surface area contributed by atoms with Crippen LogP contribution in [0.15, 0.2) is 30.0 Å².